The lowest BCUT2D eigenvalue weighted by molar-refractivity contribution is -0.167. The number of carbonyl (C=O) groups excluding carboxylic acids is 3. The highest BCUT2D eigenvalue weighted by Gasteiger charge is 2.19. The lowest BCUT2D eigenvalue weighted by Gasteiger charge is -2.18. The molecule has 0 saturated heterocycles. The largest absolute Gasteiger partial charge is 0.462 e. The van der Waals surface area contributed by atoms with Crippen LogP contribution in [0.25, 0.3) is 0 Å². The minimum Gasteiger partial charge on any atom is -0.462 e. The Morgan fingerprint density at radius 3 is 0.985 bits per heavy atom. The van der Waals surface area contributed by atoms with Crippen molar-refractivity contribution < 1.29 is 28.6 Å². The predicted octanol–water partition coefficient (Wildman–Crippen LogP) is 18.1. The van der Waals surface area contributed by atoms with Crippen molar-refractivity contribution >= 4 is 17.9 Å². The minimum atomic E-state index is -0.811. The fraction of sp³-hybridized carbons (Fsp3) is 0.683. The molecule has 0 N–H and O–H groups in total. The van der Waals surface area contributed by atoms with Gasteiger partial charge in [-0.1, -0.05) is 234 Å². The van der Waals surface area contributed by atoms with Crippen LogP contribution in [0.15, 0.2) is 97.2 Å². The van der Waals surface area contributed by atoms with Crippen LogP contribution in [0.1, 0.15) is 245 Å². The summed E-state index contributed by atoms with van der Waals surface area (Å²) < 4.78 is 16.8. The van der Waals surface area contributed by atoms with Crippen LogP contribution in [-0.4, -0.2) is 37.2 Å². The maximum atomic E-state index is 12.8. The molecular formula is C60H100O6. The monoisotopic (exact) mass is 917 g/mol. The van der Waals surface area contributed by atoms with Crippen LogP contribution < -0.4 is 0 Å². The van der Waals surface area contributed by atoms with Crippen molar-refractivity contribution in [1.29, 1.82) is 0 Å². The second-order valence-corrected chi connectivity index (χ2v) is 17.9. The van der Waals surface area contributed by atoms with Crippen LogP contribution in [0.2, 0.25) is 0 Å². The van der Waals surface area contributed by atoms with Crippen LogP contribution in [0.4, 0.5) is 0 Å². The van der Waals surface area contributed by atoms with Gasteiger partial charge in [0.25, 0.3) is 0 Å². The third kappa shape index (κ3) is 51.3. The predicted molar refractivity (Wildman–Crippen MR) is 284 cm³/mol. The van der Waals surface area contributed by atoms with Gasteiger partial charge in [-0.3, -0.25) is 14.4 Å². The van der Waals surface area contributed by atoms with Gasteiger partial charge >= 0.3 is 17.9 Å². The fourth-order valence-electron chi connectivity index (χ4n) is 7.34. The van der Waals surface area contributed by atoms with Crippen LogP contribution in [0, 0.1) is 0 Å². The smallest absolute Gasteiger partial charge is 0.306 e. The molecule has 0 radical (unpaired) electrons. The van der Waals surface area contributed by atoms with Gasteiger partial charge in [0.05, 0.1) is 0 Å². The van der Waals surface area contributed by atoms with Crippen LogP contribution >= 0.6 is 0 Å². The van der Waals surface area contributed by atoms with E-state index in [0.29, 0.717) is 19.3 Å². The Bertz CT molecular complexity index is 1330. The maximum Gasteiger partial charge on any atom is 0.306 e. The molecule has 6 nitrogen and oxygen atoms in total. The van der Waals surface area contributed by atoms with E-state index in [-0.39, 0.29) is 37.5 Å². The molecule has 0 heterocycles. The van der Waals surface area contributed by atoms with Gasteiger partial charge in [-0.15, -0.1) is 0 Å². The van der Waals surface area contributed by atoms with Crippen molar-refractivity contribution in [3.05, 3.63) is 97.2 Å². The molecule has 66 heavy (non-hydrogen) atoms. The summed E-state index contributed by atoms with van der Waals surface area (Å²) in [5.41, 5.74) is 0. The molecule has 0 saturated carbocycles. The molecule has 6 heteroatoms. The molecule has 0 bridgehead atoms. The Morgan fingerprint density at radius 2 is 0.606 bits per heavy atom. The zero-order chi connectivity index (χ0) is 47.9. The van der Waals surface area contributed by atoms with E-state index in [9.17, 15) is 14.4 Å². The summed E-state index contributed by atoms with van der Waals surface area (Å²) in [6.45, 7) is 6.43. The molecule has 0 aliphatic heterocycles. The number of hydrogen-bond acceptors (Lipinski definition) is 6. The van der Waals surface area contributed by atoms with Gasteiger partial charge in [-0.2, -0.15) is 0 Å². The van der Waals surface area contributed by atoms with E-state index in [0.717, 1.165) is 89.9 Å². The highest BCUT2D eigenvalue weighted by atomic mass is 16.6. The van der Waals surface area contributed by atoms with E-state index >= 15 is 0 Å². The highest BCUT2D eigenvalue weighted by Crippen LogP contribution is 2.14. The lowest BCUT2D eigenvalue weighted by atomic mass is 10.1. The molecule has 0 aromatic rings. The normalized spacial score (nSPS) is 12.8. The van der Waals surface area contributed by atoms with Crippen LogP contribution in [-0.2, 0) is 28.6 Å². The van der Waals surface area contributed by atoms with Gasteiger partial charge in [0.1, 0.15) is 13.2 Å². The molecular weight excluding hydrogens is 817 g/mol. The van der Waals surface area contributed by atoms with Gasteiger partial charge in [-0.05, 0) is 89.9 Å². The molecule has 376 valence electrons. The van der Waals surface area contributed by atoms with Gasteiger partial charge in [0.15, 0.2) is 6.10 Å². The summed E-state index contributed by atoms with van der Waals surface area (Å²) in [6, 6.07) is 0. The zero-order valence-corrected chi connectivity index (χ0v) is 42.9. The summed E-state index contributed by atoms with van der Waals surface area (Å²) in [5.74, 6) is -0.973. The molecule has 0 aromatic carbocycles. The third-order valence-corrected chi connectivity index (χ3v) is 11.5. The highest BCUT2D eigenvalue weighted by molar-refractivity contribution is 5.71. The second kappa shape index (κ2) is 53.9. The Labute approximate surface area is 407 Å². The lowest BCUT2D eigenvalue weighted by Crippen LogP contribution is -2.30. The molecule has 0 aliphatic rings. The SMILES string of the molecule is CC\C=C/C=C\C=C/C=C\C=C\C=C/CCCCCC(=O)OC(COC(=O)CCCCC/C=C\CCCCCCCC)COC(=O)CCCCCCC/C=C\CCCCCCCCCCC. The van der Waals surface area contributed by atoms with Crippen molar-refractivity contribution in [2.45, 2.75) is 252 Å². The Hall–Kier alpha value is -3.67. The average molecular weight is 917 g/mol. The first kappa shape index (κ1) is 62.3. The quantitative estimate of drug-likeness (QED) is 0.0199. The molecule has 1 unspecified atom stereocenters. The number of unbranched alkanes of at least 4 members (excludes halogenated alkanes) is 26. The first-order chi connectivity index (χ1) is 32.5. The second-order valence-electron chi connectivity index (χ2n) is 17.9. The summed E-state index contributed by atoms with van der Waals surface area (Å²) in [4.78, 5) is 38.0. The number of carbonyl (C=O) groups is 3. The van der Waals surface area contributed by atoms with E-state index in [4.69, 9.17) is 14.2 Å². The summed E-state index contributed by atoms with van der Waals surface area (Å²) >= 11 is 0. The Balaban J connectivity index is 4.50. The van der Waals surface area contributed by atoms with Crippen molar-refractivity contribution in [3.63, 3.8) is 0 Å². The van der Waals surface area contributed by atoms with E-state index < -0.39 is 6.10 Å². The van der Waals surface area contributed by atoms with Crippen LogP contribution in [0.3, 0.4) is 0 Å². The molecule has 0 amide bonds. The summed E-state index contributed by atoms with van der Waals surface area (Å²) in [7, 11) is 0. The number of hydrogen-bond donors (Lipinski definition) is 0. The Kier molecular flexibility index (Phi) is 50.9. The van der Waals surface area contributed by atoms with Gasteiger partial charge < -0.3 is 14.2 Å². The van der Waals surface area contributed by atoms with E-state index in [1.165, 1.54) is 109 Å². The molecule has 0 aliphatic carbocycles. The first-order valence-electron chi connectivity index (χ1n) is 27.3. The number of ether oxygens (including phenoxy) is 3. The van der Waals surface area contributed by atoms with Crippen LogP contribution in [0.5, 0.6) is 0 Å². The standard InChI is InChI=1S/C60H100O6/c1-4-7-10-13-16-19-22-25-27-29-31-32-35-38-41-44-47-50-53-59(62)65-56-57(55-64-58(61)52-49-46-43-40-37-34-24-21-18-15-12-9-6-3)66-60(63)54-51-48-45-42-39-36-33-30-28-26-23-20-17-14-11-8-5-2/h8,11,14,17,20,23,26,28,30-34,36-37,39,57H,4-7,9-10,12-13,15-16,18-19,21-22,24-25,27,29,35,38,40-56H2,1-3H3/b11-8-,17-14-,23-20-,28-26-,32-31-,33-30+,37-34-,39-36-. The summed E-state index contributed by atoms with van der Waals surface area (Å²) in [6.07, 6.45) is 71.1. The van der Waals surface area contributed by atoms with E-state index in [2.05, 4.69) is 57.2 Å². The Morgan fingerprint density at radius 1 is 0.318 bits per heavy atom. The molecule has 1 atom stereocenters. The molecule has 0 spiro atoms. The molecule has 0 aromatic heterocycles. The average Bonchev–Trinajstić information content (AvgIpc) is 3.31. The first-order valence-corrected chi connectivity index (χ1v) is 27.3. The zero-order valence-electron chi connectivity index (χ0n) is 42.9. The minimum absolute atomic E-state index is 0.105. The van der Waals surface area contributed by atoms with Crippen molar-refractivity contribution in [2.75, 3.05) is 13.2 Å². The molecule has 0 fully saturated rings. The van der Waals surface area contributed by atoms with E-state index in [1.807, 2.05) is 60.8 Å². The number of rotatable bonds is 48. The number of allylic oxidation sites excluding steroid dienone is 16. The molecule has 0 rings (SSSR count). The van der Waals surface area contributed by atoms with Crippen molar-refractivity contribution in [2.24, 2.45) is 0 Å². The van der Waals surface area contributed by atoms with Gasteiger partial charge in [0, 0.05) is 19.3 Å². The maximum absolute atomic E-state index is 12.8. The van der Waals surface area contributed by atoms with Gasteiger partial charge in [-0.25, -0.2) is 0 Å². The van der Waals surface area contributed by atoms with Gasteiger partial charge in [0.2, 0.25) is 0 Å². The number of esters is 3. The fourth-order valence-corrected chi connectivity index (χ4v) is 7.34. The summed E-state index contributed by atoms with van der Waals surface area (Å²) in [5, 5.41) is 0. The van der Waals surface area contributed by atoms with Crippen molar-refractivity contribution in [3.8, 4) is 0 Å². The topological polar surface area (TPSA) is 78.9 Å². The van der Waals surface area contributed by atoms with Crippen molar-refractivity contribution in [1.82, 2.24) is 0 Å². The third-order valence-electron chi connectivity index (χ3n) is 11.5. The van der Waals surface area contributed by atoms with E-state index in [1.54, 1.807) is 0 Å².